The van der Waals surface area contributed by atoms with Gasteiger partial charge in [0, 0.05) is 37.4 Å². The molecule has 2 aliphatic heterocycles. The second-order valence-electron chi connectivity index (χ2n) is 13.0. The van der Waals surface area contributed by atoms with Crippen LogP contribution >= 0.6 is 0 Å². The number of nitrogens with one attached hydrogen (secondary N) is 1. The maximum Gasteiger partial charge on any atom is 0.174 e. The number of hydrogen-bond donors (Lipinski definition) is 1. The first kappa shape index (κ1) is 23.0. The van der Waals surface area contributed by atoms with Gasteiger partial charge in [0.15, 0.2) is 11.6 Å². The van der Waals surface area contributed by atoms with Crippen LogP contribution in [0.1, 0.15) is 76.7 Å². The van der Waals surface area contributed by atoms with Gasteiger partial charge in [-0.05, 0) is 84.8 Å². The monoisotopic (exact) mass is 481 g/mol. The summed E-state index contributed by atoms with van der Waals surface area (Å²) in [5, 5.41) is 3.31. The second-order valence-corrected chi connectivity index (χ2v) is 13.0. The third-order valence-corrected chi connectivity index (χ3v) is 11.9. The molecule has 6 aliphatic rings. The Morgan fingerprint density at radius 2 is 1.51 bits per heavy atom. The molecule has 0 bridgehead atoms. The van der Waals surface area contributed by atoms with E-state index >= 15 is 0 Å². The molecule has 35 heavy (non-hydrogen) atoms. The van der Waals surface area contributed by atoms with Crippen molar-refractivity contribution in [2.75, 3.05) is 38.8 Å². The van der Waals surface area contributed by atoms with Crippen LogP contribution in [0, 0.1) is 34.5 Å². The van der Waals surface area contributed by atoms with E-state index in [0.29, 0.717) is 29.1 Å². The normalized spacial score (nSPS) is 45.3. The minimum atomic E-state index is -0.369. The molecule has 2 heterocycles. The second kappa shape index (κ2) is 7.93. The summed E-state index contributed by atoms with van der Waals surface area (Å²) in [4.78, 5) is 0. The van der Waals surface area contributed by atoms with Crippen molar-refractivity contribution in [1.82, 2.24) is 0 Å². The summed E-state index contributed by atoms with van der Waals surface area (Å²) in [7, 11) is 2.01. The molecule has 1 aromatic rings. The molecule has 7 unspecified atom stereocenters. The number of rotatable bonds is 2. The van der Waals surface area contributed by atoms with Gasteiger partial charge in [-0.1, -0.05) is 26.0 Å². The maximum absolute atomic E-state index is 6.50. The highest BCUT2D eigenvalue weighted by Gasteiger charge is 2.70. The van der Waals surface area contributed by atoms with Crippen molar-refractivity contribution in [3.63, 3.8) is 0 Å². The molecular weight excluding hydrogens is 438 g/mol. The van der Waals surface area contributed by atoms with Crippen LogP contribution < -0.4 is 5.32 Å². The zero-order chi connectivity index (χ0) is 23.9. The largest absolute Gasteiger partial charge is 0.388 e. The molecule has 4 aliphatic carbocycles. The highest BCUT2D eigenvalue weighted by Crippen LogP contribution is 2.73. The van der Waals surface area contributed by atoms with E-state index in [9.17, 15) is 0 Å². The lowest BCUT2D eigenvalue weighted by Crippen LogP contribution is -2.60. The lowest BCUT2D eigenvalue weighted by Gasteiger charge is -2.64. The van der Waals surface area contributed by atoms with Crippen LogP contribution in [0.2, 0.25) is 0 Å². The average Bonchev–Trinajstić information content (AvgIpc) is 3.60. The van der Waals surface area contributed by atoms with Crippen LogP contribution in [0.3, 0.4) is 0 Å². The molecule has 0 radical (unpaired) electrons. The van der Waals surface area contributed by atoms with Gasteiger partial charge >= 0.3 is 0 Å². The van der Waals surface area contributed by atoms with Crippen LogP contribution in [0.15, 0.2) is 24.3 Å². The van der Waals surface area contributed by atoms with Gasteiger partial charge in [-0.15, -0.1) is 0 Å². The molecule has 5 heteroatoms. The molecule has 4 saturated carbocycles. The van der Waals surface area contributed by atoms with Gasteiger partial charge < -0.3 is 24.3 Å². The molecule has 0 aromatic heterocycles. The highest BCUT2D eigenvalue weighted by molar-refractivity contribution is 5.45. The van der Waals surface area contributed by atoms with E-state index in [2.05, 4.69) is 43.4 Å². The molecule has 2 spiro atoms. The molecule has 0 amide bonds. The molecule has 5 nitrogen and oxygen atoms in total. The molecule has 7 rings (SSSR count). The summed E-state index contributed by atoms with van der Waals surface area (Å²) < 4.78 is 25.5. The molecule has 192 valence electrons. The predicted octanol–water partition coefficient (Wildman–Crippen LogP) is 5.95. The van der Waals surface area contributed by atoms with Gasteiger partial charge in [-0.2, -0.15) is 0 Å². The number of fused-ring (bicyclic) bond motifs is 6. The fourth-order valence-corrected chi connectivity index (χ4v) is 10.2. The Morgan fingerprint density at radius 1 is 0.800 bits per heavy atom. The van der Waals surface area contributed by atoms with Crippen LogP contribution in [-0.2, 0) is 18.9 Å². The van der Waals surface area contributed by atoms with Crippen LogP contribution in [0.5, 0.6) is 0 Å². The third-order valence-electron chi connectivity index (χ3n) is 11.9. The Labute approximate surface area is 210 Å². The fourth-order valence-electron chi connectivity index (χ4n) is 10.2. The van der Waals surface area contributed by atoms with E-state index in [1.165, 1.54) is 36.9 Å². The van der Waals surface area contributed by atoms with Crippen LogP contribution in [0.4, 0.5) is 5.69 Å². The lowest BCUT2D eigenvalue weighted by atomic mass is 9.41. The topological polar surface area (TPSA) is 49.0 Å². The first-order valence-electron chi connectivity index (χ1n) is 14.3. The minimum Gasteiger partial charge on any atom is -0.388 e. The van der Waals surface area contributed by atoms with Gasteiger partial charge in [-0.25, -0.2) is 0 Å². The standard InChI is InChI=1S/C30H43NO4/c1-27-12-13-29(32-14-15-33-29)18-21(27)6-9-23-25-10-11-30(34-16-17-35-30)28(25,2)19-24(26(23)27)20-4-7-22(31-3)8-5-20/h4-5,7-8,21,23-26,31H,6,9-19H2,1-3H3. The first-order chi connectivity index (χ1) is 16.9. The Kier molecular flexibility index (Phi) is 5.21. The van der Waals surface area contributed by atoms with Crippen molar-refractivity contribution in [2.45, 2.75) is 82.7 Å². The SMILES string of the molecule is CNc1ccc(C2CC3(C)C(CCC34OCCO4)C3CCC4CC5(CCC4(C)C23)OCCO5)cc1. The van der Waals surface area contributed by atoms with Crippen molar-refractivity contribution in [1.29, 1.82) is 0 Å². The number of benzene rings is 1. The van der Waals surface area contributed by atoms with Crippen molar-refractivity contribution >= 4 is 5.69 Å². The van der Waals surface area contributed by atoms with Crippen molar-refractivity contribution in [3.8, 4) is 0 Å². The van der Waals surface area contributed by atoms with Crippen molar-refractivity contribution < 1.29 is 18.9 Å². The van der Waals surface area contributed by atoms with E-state index < -0.39 is 0 Å². The average molecular weight is 482 g/mol. The summed E-state index contributed by atoms with van der Waals surface area (Å²) in [5.41, 5.74) is 3.10. The van der Waals surface area contributed by atoms with Gasteiger partial charge in [0.1, 0.15) is 0 Å². The van der Waals surface area contributed by atoms with E-state index in [4.69, 9.17) is 18.9 Å². The molecule has 2 saturated heterocycles. The summed E-state index contributed by atoms with van der Waals surface area (Å²) in [5.74, 6) is 2.64. The quantitative estimate of drug-likeness (QED) is 0.566. The van der Waals surface area contributed by atoms with E-state index in [0.717, 1.165) is 58.0 Å². The van der Waals surface area contributed by atoms with Gasteiger partial charge in [0.2, 0.25) is 0 Å². The third kappa shape index (κ3) is 3.14. The molecule has 6 fully saturated rings. The zero-order valence-corrected chi connectivity index (χ0v) is 21.8. The van der Waals surface area contributed by atoms with Gasteiger partial charge in [0.25, 0.3) is 0 Å². The fraction of sp³-hybridized carbons (Fsp3) is 0.800. The van der Waals surface area contributed by atoms with E-state index in [1.54, 1.807) is 0 Å². The van der Waals surface area contributed by atoms with Crippen LogP contribution in [0.25, 0.3) is 0 Å². The van der Waals surface area contributed by atoms with Gasteiger partial charge in [0.05, 0.1) is 26.4 Å². The zero-order valence-electron chi connectivity index (χ0n) is 21.8. The Hall–Kier alpha value is -1.14. The first-order valence-corrected chi connectivity index (χ1v) is 14.3. The summed E-state index contributed by atoms with van der Waals surface area (Å²) in [6, 6.07) is 9.33. The van der Waals surface area contributed by atoms with E-state index in [1.807, 2.05) is 7.05 Å². The number of anilines is 1. The Balaban J connectivity index is 1.30. The van der Waals surface area contributed by atoms with Crippen molar-refractivity contribution in [3.05, 3.63) is 29.8 Å². The van der Waals surface area contributed by atoms with Gasteiger partial charge in [-0.3, -0.25) is 0 Å². The van der Waals surface area contributed by atoms with Crippen molar-refractivity contribution in [2.24, 2.45) is 34.5 Å². The number of hydrogen-bond acceptors (Lipinski definition) is 5. The Morgan fingerprint density at radius 3 is 2.23 bits per heavy atom. The minimum absolute atomic E-state index is 0.0772. The molecule has 1 N–H and O–H groups in total. The molecular formula is C30H43NO4. The van der Waals surface area contributed by atoms with E-state index in [-0.39, 0.29) is 17.0 Å². The molecule has 7 atom stereocenters. The lowest BCUT2D eigenvalue weighted by molar-refractivity contribution is -0.261. The maximum atomic E-state index is 6.50. The summed E-state index contributed by atoms with van der Waals surface area (Å²) in [6.45, 7) is 8.18. The predicted molar refractivity (Wildman–Crippen MR) is 135 cm³/mol. The summed E-state index contributed by atoms with van der Waals surface area (Å²) in [6.07, 6.45) is 9.45. The highest BCUT2D eigenvalue weighted by atomic mass is 16.7. The Bertz CT molecular complexity index is 952. The smallest absolute Gasteiger partial charge is 0.174 e. The number of ether oxygens (including phenoxy) is 4. The summed E-state index contributed by atoms with van der Waals surface area (Å²) >= 11 is 0. The molecule has 1 aromatic carbocycles. The van der Waals surface area contributed by atoms with Crippen LogP contribution in [-0.4, -0.2) is 45.0 Å².